The molecule has 0 spiro atoms. The van der Waals surface area contributed by atoms with Gasteiger partial charge in [0.1, 0.15) is 5.75 Å². The molecule has 0 aromatic heterocycles. The first-order chi connectivity index (χ1) is 9.02. The average Bonchev–Trinajstić information content (AvgIpc) is 2.38. The quantitative estimate of drug-likeness (QED) is 0.453. The molecule has 0 fully saturated rings. The van der Waals surface area contributed by atoms with E-state index >= 15 is 0 Å². The Morgan fingerprint density at radius 3 is 2.89 bits per heavy atom. The van der Waals surface area contributed by atoms with Gasteiger partial charge in [0.25, 0.3) is 0 Å². The number of rotatable bonds is 3. The van der Waals surface area contributed by atoms with E-state index in [-0.39, 0.29) is 23.0 Å². The lowest BCUT2D eigenvalue weighted by atomic mass is 9.72. The maximum atomic E-state index is 11.3. The molecule has 2 rings (SSSR count). The summed E-state index contributed by atoms with van der Waals surface area (Å²) in [5, 5.41) is 21.4. The van der Waals surface area contributed by atoms with E-state index in [1.54, 1.807) is 12.1 Å². The molecule has 3 N–H and O–H groups in total. The number of fused-ring (bicyclic) bond motifs is 1. The number of nitrogens with one attached hydrogen (secondary N) is 1. The highest BCUT2D eigenvalue weighted by Crippen LogP contribution is 2.29. The number of hydrogen-bond donors (Lipinski definition) is 4. The van der Waals surface area contributed by atoms with Crippen LogP contribution in [0.4, 0.5) is 0 Å². The number of benzene rings is 1. The molecule has 8 heteroatoms. The van der Waals surface area contributed by atoms with Gasteiger partial charge in [-0.1, -0.05) is 12.1 Å². The highest BCUT2D eigenvalue weighted by Gasteiger charge is 2.37. The van der Waals surface area contributed by atoms with Crippen LogP contribution in [-0.2, 0) is 11.2 Å². The largest absolute Gasteiger partial charge is 0.547 e. The molecule has 1 aromatic carbocycles. The minimum absolute atomic E-state index is 0.00415. The fourth-order valence-corrected chi connectivity index (χ4v) is 2.06. The zero-order valence-electron chi connectivity index (χ0n) is 9.87. The van der Waals surface area contributed by atoms with Crippen LogP contribution in [0.3, 0.4) is 0 Å². The third-order valence-corrected chi connectivity index (χ3v) is 3.13. The molecule has 0 radical (unpaired) electrons. The molecular weight excluding hydrogens is 269 g/mol. The van der Waals surface area contributed by atoms with Gasteiger partial charge < -0.3 is 20.1 Å². The fraction of sp³-hybridized carbons (Fsp3) is 0.273. The zero-order chi connectivity index (χ0) is 14.0. The maximum absolute atomic E-state index is 11.3. The van der Waals surface area contributed by atoms with Gasteiger partial charge in [0.15, 0.2) is 0 Å². The third-order valence-electron chi connectivity index (χ3n) is 2.84. The van der Waals surface area contributed by atoms with Gasteiger partial charge in [-0.25, -0.2) is 4.79 Å². The van der Waals surface area contributed by atoms with Crippen molar-refractivity contribution in [3.05, 3.63) is 29.3 Å². The Kier molecular flexibility index (Phi) is 4.01. The molecule has 1 aromatic rings. The van der Waals surface area contributed by atoms with E-state index in [4.69, 9.17) is 9.76 Å². The summed E-state index contributed by atoms with van der Waals surface area (Å²) in [4.78, 5) is 22.3. The van der Waals surface area contributed by atoms with Gasteiger partial charge in [-0.05, 0) is 18.1 Å². The standard InChI is InChI=1S/C11H12BNO5S/c14-9(5-19)13-8-4-6-2-1-3-7(11(15)16)10(6)18-12(8)17/h1-3,8,17,19H,4-5H2,(H,13,14)(H,15,16)/t8-/m0/s1. The number of carboxylic acid groups (broad SMARTS) is 1. The summed E-state index contributed by atoms with van der Waals surface area (Å²) < 4.78 is 5.22. The van der Waals surface area contributed by atoms with Gasteiger partial charge in [-0.15, -0.1) is 0 Å². The van der Waals surface area contributed by atoms with Crippen LogP contribution in [0.1, 0.15) is 15.9 Å². The Morgan fingerprint density at radius 2 is 2.26 bits per heavy atom. The second-order valence-corrected chi connectivity index (χ2v) is 4.46. The third kappa shape index (κ3) is 2.85. The van der Waals surface area contributed by atoms with Gasteiger partial charge >= 0.3 is 13.1 Å². The molecule has 1 aliphatic heterocycles. The minimum Gasteiger partial charge on any atom is -0.534 e. The lowest BCUT2D eigenvalue weighted by molar-refractivity contribution is -0.118. The smallest absolute Gasteiger partial charge is 0.534 e. The van der Waals surface area contributed by atoms with Crippen LogP contribution in [0, 0.1) is 0 Å². The summed E-state index contributed by atoms with van der Waals surface area (Å²) in [5.74, 6) is -1.91. The molecule has 0 aliphatic carbocycles. The van der Waals surface area contributed by atoms with Crippen LogP contribution in [0.5, 0.6) is 5.75 Å². The van der Waals surface area contributed by atoms with Crippen LogP contribution in [0.25, 0.3) is 0 Å². The number of carbonyl (C=O) groups is 2. The average molecular weight is 281 g/mol. The van der Waals surface area contributed by atoms with Gasteiger partial charge in [0, 0.05) is 0 Å². The molecule has 0 saturated heterocycles. The summed E-state index contributed by atoms with van der Waals surface area (Å²) >= 11 is 3.83. The van der Waals surface area contributed by atoms with Crippen molar-refractivity contribution in [2.75, 3.05) is 5.75 Å². The van der Waals surface area contributed by atoms with Crippen LogP contribution in [-0.4, -0.2) is 40.8 Å². The van der Waals surface area contributed by atoms with Crippen molar-refractivity contribution >= 4 is 31.6 Å². The van der Waals surface area contributed by atoms with E-state index in [9.17, 15) is 14.6 Å². The molecule has 1 heterocycles. The summed E-state index contributed by atoms with van der Waals surface area (Å²) in [6.45, 7) is 0. The molecular formula is C11H12BNO5S. The molecule has 19 heavy (non-hydrogen) atoms. The van der Waals surface area contributed by atoms with Gasteiger partial charge in [0.2, 0.25) is 5.91 Å². The molecule has 1 aliphatic rings. The number of carbonyl (C=O) groups excluding carboxylic acids is 1. The maximum Gasteiger partial charge on any atom is 0.547 e. The van der Waals surface area contributed by atoms with E-state index in [0.717, 1.165) is 0 Å². The normalized spacial score (nSPS) is 17.4. The SMILES string of the molecule is O=C(CS)N[C@H]1Cc2cccc(C(=O)O)c2OB1O. The molecule has 1 amide bonds. The van der Waals surface area contributed by atoms with Crippen molar-refractivity contribution in [2.45, 2.75) is 12.4 Å². The molecule has 6 nitrogen and oxygen atoms in total. The first-order valence-electron chi connectivity index (χ1n) is 5.63. The van der Waals surface area contributed by atoms with Crippen LogP contribution in [0.15, 0.2) is 18.2 Å². The van der Waals surface area contributed by atoms with E-state index in [0.29, 0.717) is 12.0 Å². The Bertz CT molecular complexity index is 524. The first-order valence-corrected chi connectivity index (χ1v) is 6.26. The molecule has 0 bridgehead atoms. The molecule has 100 valence electrons. The van der Waals surface area contributed by atoms with E-state index in [1.807, 2.05) is 0 Å². The van der Waals surface area contributed by atoms with Crippen LogP contribution >= 0.6 is 12.6 Å². The van der Waals surface area contributed by atoms with Gasteiger partial charge in [-0.2, -0.15) is 12.6 Å². The lowest BCUT2D eigenvalue weighted by Gasteiger charge is -2.28. The van der Waals surface area contributed by atoms with Crippen LogP contribution < -0.4 is 9.97 Å². The highest BCUT2D eigenvalue weighted by atomic mass is 32.1. The van der Waals surface area contributed by atoms with E-state index < -0.39 is 19.0 Å². The van der Waals surface area contributed by atoms with E-state index in [1.165, 1.54) is 6.07 Å². The Labute approximate surface area is 115 Å². The van der Waals surface area contributed by atoms with Crippen molar-refractivity contribution in [3.63, 3.8) is 0 Å². The molecule has 0 unspecified atom stereocenters. The summed E-state index contributed by atoms with van der Waals surface area (Å²) in [7, 11) is -1.28. The summed E-state index contributed by atoms with van der Waals surface area (Å²) in [6.07, 6.45) is 0.303. The Morgan fingerprint density at radius 1 is 1.53 bits per heavy atom. The van der Waals surface area contributed by atoms with Crippen LogP contribution in [0.2, 0.25) is 0 Å². The number of carboxylic acids is 1. The predicted octanol–water partition coefficient (Wildman–Crippen LogP) is -0.246. The lowest BCUT2D eigenvalue weighted by Crippen LogP contribution is -2.53. The van der Waals surface area contributed by atoms with Gasteiger partial charge in [-0.3, -0.25) is 4.79 Å². The summed E-state index contributed by atoms with van der Waals surface area (Å²) in [6, 6.07) is 4.70. The topological polar surface area (TPSA) is 95.9 Å². The molecule has 0 saturated carbocycles. The van der Waals surface area contributed by atoms with Crippen molar-refractivity contribution in [2.24, 2.45) is 0 Å². The Balaban J connectivity index is 2.26. The number of thiol groups is 1. The summed E-state index contributed by atoms with van der Waals surface area (Å²) in [5.41, 5.74) is 0.630. The molecule has 1 atom stereocenters. The zero-order valence-corrected chi connectivity index (χ0v) is 10.8. The van der Waals surface area contributed by atoms with Crippen molar-refractivity contribution in [3.8, 4) is 5.75 Å². The number of amides is 1. The van der Waals surface area contributed by atoms with Gasteiger partial charge in [0.05, 0.1) is 17.3 Å². The first kappa shape index (κ1) is 13.8. The number of para-hydroxylation sites is 1. The number of aromatic carboxylic acids is 1. The van der Waals surface area contributed by atoms with Crippen molar-refractivity contribution < 1.29 is 24.4 Å². The predicted molar refractivity (Wildman–Crippen MR) is 71.5 cm³/mol. The minimum atomic E-state index is -1.28. The second-order valence-electron chi connectivity index (χ2n) is 4.14. The Hall–Kier alpha value is -1.67. The highest BCUT2D eigenvalue weighted by molar-refractivity contribution is 7.81. The second kappa shape index (κ2) is 5.54. The number of hydrogen-bond acceptors (Lipinski definition) is 5. The fourth-order valence-electron chi connectivity index (χ4n) is 1.97. The van der Waals surface area contributed by atoms with Crippen molar-refractivity contribution in [1.29, 1.82) is 0 Å². The monoisotopic (exact) mass is 281 g/mol. The van der Waals surface area contributed by atoms with E-state index in [2.05, 4.69) is 17.9 Å². The van der Waals surface area contributed by atoms with Crippen molar-refractivity contribution in [1.82, 2.24) is 5.32 Å².